The van der Waals surface area contributed by atoms with Crippen LogP contribution in [0.2, 0.25) is 0 Å². The Morgan fingerprint density at radius 3 is 1.88 bits per heavy atom. The first-order valence-corrected chi connectivity index (χ1v) is 17.6. The molecule has 0 aromatic heterocycles. The quantitative estimate of drug-likeness (QED) is 0.172. The highest BCUT2D eigenvalue weighted by Gasteiger charge is 2.36. The van der Waals surface area contributed by atoms with Crippen LogP contribution >= 0.6 is 0 Å². The van der Waals surface area contributed by atoms with Gasteiger partial charge >= 0.3 is 0 Å². The van der Waals surface area contributed by atoms with Crippen LogP contribution in [0.4, 0.5) is 0 Å². The summed E-state index contributed by atoms with van der Waals surface area (Å²) in [6.07, 6.45) is 6.90. The second-order valence-corrected chi connectivity index (χ2v) is 14.4. The number of fused-ring (bicyclic) bond motifs is 9. The molecule has 0 unspecified atom stereocenters. The highest BCUT2D eigenvalue weighted by Crippen LogP contribution is 2.51. The van der Waals surface area contributed by atoms with Crippen molar-refractivity contribution >= 4 is 38.4 Å². The van der Waals surface area contributed by atoms with Crippen LogP contribution in [-0.4, -0.2) is 0 Å². The van der Waals surface area contributed by atoms with E-state index in [0.29, 0.717) is 0 Å². The molecule has 0 bridgehead atoms. The molecule has 0 aliphatic heterocycles. The molecule has 0 saturated carbocycles. The van der Waals surface area contributed by atoms with Gasteiger partial charge in [0.05, 0.1) is 0 Å². The monoisotopic (exact) mass is 624 g/mol. The van der Waals surface area contributed by atoms with Gasteiger partial charge in [-0.2, -0.15) is 0 Å². The summed E-state index contributed by atoms with van der Waals surface area (Å²) in [6, 6.07) is 54.8. The zero-order chi connectivity index (χ0) is 32.7. The second kappa shape index (κ2) is 10.6. The predicted octanol–water partition coefficient (Wildman–Crippen LogP) is 13.4. The molecule has 0 nitrogen and oxygen atoms in total. The van der Waals surface area contributed by atoms with E-state index in [2.05, 4.69) is 172 Å². The van der Waals surface area contributed by atoms with Gasteiger partial charge in [0.2, 0.25) is 0 Å². The number of benzene rings is 8. The molecule has 49 heavy (non-hydrogen) atoms. The first kappa shape index (κ1) is 28.3. The van der Waals surface area contributed by atoms with Gasteiger partial charge in [-0.1, -0.05) is 153 Å². The highest BCUT2D eigenvalue weighted by molar-refractivity contribution is 6.16. The molecule has 0 spiro atoms. The van der Waals surface area contributed by atoms with Crippen molar-refractivity contribution in [1.82, 2.24) is 0 Å². The minimum Gasteiger partial charge on any atom is -0.0836 e. The third-order valence-electron chi connectivity index (χ3n) is 11.3. The molecule has 10 rings (SSSR count). The Labute approximate surface area is 288 Å². The molecule has 8 aromatic rings. The van der Waals surface area contributed by atoms with E-state index in [4.69, 9.17) is 0 Å². The zero-order valence-corrected chi connectivity index (χ0v) is 27.9. The van der Waals surface area contributed by atoms with Crippen molar-refractivity contribution < 1.29 is 0 Å². The summed E-state index contributed by atoms with van der Waals surface area (Å²) in [5.74, 6) is 0. The van der Waals surface area contributed by atoms with Gasteiger partial charge in [-0.05, 0) is 130 Å². The zero-order valence-electron chi connectivity index (χ0n) is 27.9. The molecule has 2 aliphatic rings. The summed E-state index contributed by atoms with van der Waals surface area (Å²) in [7, 11) is 0. The molecule has 0 heteroatoms. The van der Waals surface area contributed by atoms with Crippen molar-refractivity contribution in [3.05, 3.63) is 174 Å². The van der Waals surface area contributed by atoms with E-state index in [1.165, 1.54) is 99.1 Å². The Morgan fingerprint density at radius 1 is 0.429 bits per heavy atom. The van der Waals surface area contributed by atoms with Crippen LogP contribution in [0.15, 0.2) is 152 Å². The van der Waals surface area contributed by atoms with Gasteiger partial charge in [-0.3, -0.25) is 0 Å². The van der Waals surface area contributed by atoms with Gasteiger partial charge in [0, 0.05) is 5.41 Å². The largest absolute Gasteiger partial charge is 0.0836 e. The first-order chi connectivity index (χ1) is 24.0. The van der Waals surface area contributed by atoms with Gasteiger partial charge in [0.15, 0.2) is 0 Å². The van der Waals surface area contributed by atoms with Crippen LogP contribution < -0.4 is 0 Å². The minimum atomic E-state index is -0.0984. The van der Waals surface area contributed by atoms with Crippen molar-refractivity contribution in [2.75, 3.05) is 0 Å². The number of rotatable bonds is 3. The van der Waals surface area contributed by atoms with E-state index in [1.807, 2.05) is 0 Å². The SMILES string of the molecule is CC1(C)c2cc(-c3ccc(-c4cc5c6c(ccc5c5ccccc45)CCC=C6)cc3)ccc2-c2ccc(-c3cccc4ccccc34)cc21. The molecule has 0 heterocycles. The van der Waals surface area contributed by atoms with Crippen LogP contribution in [0.3, 0.4) is 0 Å². The molecule has 0 radical (unpaired) electrons. The lowest BCUT2D eigenvalue weighted by Crippen LogP contribution is -2.15. The van der Waals surface area contributed by atoms with Gasteiger partial charge < -0.3 is 0 Å². The van der Waals surface area contributed by atoms with E-state index in [0.717, 1.165) is 12.8 Å². The maximum Gasteiger partial charge on any atom is 0.0159 e. The molecule has 0 N–H and O–H groups in total. The number of hydrogen-bond acceptors (Lipinski definition) is 0. The summed E-state index contributed by atoms with van der Waals surface area (Å²) >= 11 is 0. The fourth-order valence-corrected chi connectivity index (χ4v) is 8.74. The third kappa shape index (κ3) is 4.30. The van der Waals surface area contributed by atoms with Gasteiger partial charge in [0.1, 0.15) is 0 Å². The summed E-state index contributed by atoms with van der Waals surface area (Å²) in [6.45, 7) is 4.77. The average molecular weight is 625 g/mol. The van der Waals surface area contributed by atoms with E-state index < -0.39 is 0 Å². The van der Waals surface area contributed by atoms with Crippen LogP contribution in [-0.2, 0) is 11.8 Å². The predicted molar refractivity (Wildman–Crippen MR) is 210 cm³/mol. The van der Waals surface area contributed by atoms with Crippen LogP contribution in [0.5, 0.6) is 0 Å². The van der Waals surface area contributed by atoms with Gasteiger partial charge in [0.25, 0.3) is 0 Å². The Bertz CT molecular complexity index is 2660. The standard InChI is InChI=1S/C49H36/c1-49(2)47-28-35(23-26-43(47)44-27-24-36(29-48(44)49)39-17-9-12-32-10-3-5-13-37(32)39)31-18-20-34(21-19-31)45-30-46-38-14-6-4-11-33(38)22-25-42(46)40-15-7-8-16-41(40)45/h3,5-10,12-30H,4,11H2,1-2H3. The van der Waals surface area contributed by atoms with Crippen molar-refractivity contribution in [3.8, 4) is 44.5 Å². The van der Waals surface area contributed by atoms with Crippen molar-refractivity contribution in [2.45, 2.75) is 32.1 Å². The Kier molecular flexibility index (Phi) is 6.15. The topological polar surface area (TPSA) is 0 Å². The number of allylic oxidation sites excluding steroid dienone is 1. The smallest absolute Gasteiger partial charge is 0.0159 e. The Morgan fingerprint density at radius 2 is 1.06 bits per heavy atom. The first-order valence-electron chi connectivity index (χ1n) is 17.6. The lowest BCUT2D eigenvalue weighted by Gasteiger charge is -2.23. The third-order valence-corrected chi connectivity index (χ3v) is 11.3. The van der Waals surface area contributed by atoms with Gasteiger partial charge in [-0.15, -0.1) is 0 Å². The average Bonchev–Trinajstić information content (AvgIpc) is 3.39. The molecule has 2 aliphatic carbocycles. The van der Waals surface area contributed by atoms with E-state index >= 15 is 0 Å². The summed E-state index contributed by atoms with van der Waals surface area (Å²) in [5, 5.41) is 7.91. The maximum atomic E-state index is 2.44. The van der Waals surface area contributed by atoms with Crippen LogP contribution in [0, 0.1) is 0 Å². The fraction of sp³-hybridized carbons (Fsp3) is 0.102. The second-order valence-electron chi connectivity index (χ2n) is 14.4. The van der Waals surface area contributed by atoms with E-state index in [-0.39, 0.29) is 5.41 Å². The van der Waals surface area contributed by atoms with Crippen molar-refractivity contribution in [3.63, 3.8) is 0 Å². The number of aryl methyl sites for hydroxylation is 1. The molecule has 0 saturated heterocycles. The Balaban J connectivity index is 1.03. The van der Waals surface area contributed by atoms with Gasteiger partial charge in [-0.25, -0.2) is 0 Å². The normalized spacial score (nSPS) is 14.2. The lowest BCUT2D eigenvalue weighted by atomic mass is 9.80. The molecule has 0 amide bonds. The Hall–Kier alpha value is -5.72. The minimum absolute atomic E-state index is 0.0984. The number of hydrogen-bond donors (Lipinski definition) is 0. The molecule has 0 atom stereocenters. The highest BCUT2D eigenvalue weighted by atomic mass is 14.4. The maximum absolute atomic E-state index is 2.44. The van der Waals surface area contributed by atoms with Crippen molar-refractivity contribution in [1.29, 1.82) is 0 Å². The summed E-state index contributed by atoms with van der Waals surface area (Å²) in [5.41, 5.74) is 15.9. The molecule has 8 aromatic carbocycles. The molecular formula is C49H36. The fourth-order valence-electron chi connectivity index (χ4n) is 8.74. The van der Waals surface area contributed by atoms with E-state index in [9.17, 15) is 0 Å². The molecule has 232 valence electrons. The van der Waals surface area contributed by atoms with Crippen molar-refractivity contribution in [2.24, 2.45) is 0 Å². The molecular weight excluding hydrogens is 589 g/mol. The summed E-state index contributed by atoms with van der Waals surface area (Å²) < 4.78 is 0. The molecule has 0 fully saturated rings. The van der Waals surface area contributed by atoms with Crippen LogP contribution in [0.25, 0.3) is 82.9 Å². The van der Waals surface area contributed by atoms with Crippen LogP contribution in [0.1, 0.15) is 42.5 Å². The summed E-state index contributed by atoms with van der Waals surface area (Å²) in [4.78, 5) is 0. The lowest BCUT2D eigenvalue weighted by molar-refractivity contribution is 0.661. The van der Waals surface area contributed by atoms with E-state index in [1.54, 1.807) is 0 Å².